The molecule has 0 aliphatic carbocycles. The average Bonchev–Trinajstić information content (AvgIpc) is 2.63. The van der Waals surface area contributed by atoms with Crippen LogP contribution >= 0.6 is 0 Å². The van der Waals surface area contributed by atoms with E-state index in [9.17, 15) is 27.6 Å². The lowest BCUT2D eigenvalue weighted by molar-refractivity contribution is -0.170. The van der Waals surface area contributed by atoms with E-state index in [1.807, 2.05) is 5.32 Å². The quantitative estimate of drug-likeness (QED) is 0.607. The number of carbonyl (C=O) groups is 3. The second-order valence-electron chi connectivity index (χ2n) is 6.37. The molecule has 0 aliphatic heterocycles. The molecule has 0 unspecified atom stereocenters. The van der Waals surface area contributed by atoms with Crippen molar-refractivity contribution in [2.45, 2.75) is 25.4 Å². The Labute approximate surface area is 164 Å². The summed E-state index contributed by atoms with van der Waals surface area (Å²) in [5.41, 5.74) is 10.4. The highest BCUT2D eigenvalue weighted by atomic mass is 19.4. The standard InChI is InChI=1S/C19H21F3N4O3/c20-19(21,22)17(28)26(8-4-3-7-23)15-10-13-6-2-1-5-12(13)9-14(15)11-16(27)25-18(24)29/h1-2,5-6,9-10H,3-4,7-8,11,23H2,(H3,24,25,27,29). The number of halogens is 3. The number of fused-ring (bicyclic) bond motifs is 1. The number of benzene rings is 2. The molecule has 0 heterocycles. The molecule has 2 aromatic carbocycles. The molecule has 0 spiro atoms. The number of amides is 4. The first-order chi connectivity index (χ1) is 13.6. The lowest BCUT2D eigenvalue weighted by Gasteiger charge is -2.26. The van der Waals surface area contributed by atoms with Gasteiger partial charge in [0, 0.05) is 12.2 Å². The Morgan fingerprint density at radius 3 is 2.21 bits per heavy atom. The fraction of sp³-hybridized carbons (Fsp3) is 0.316. The van der Waals surface area contributed by atoms with Crippen molar-refractivity contribution in [2.75, 3.05) is 18.0 Å². The van der Waals surface area contributed by atoms with Crippen molar-refractivity contribution >= 4 is 34.3 Å². The number of anilines is 1. The summed E-state index contributed by atoms with van der Waals surface area (Å²) in [4.78, 5) is 35.6. The summed E-state index contributed by atoms with van der Waals surface area (Å²) in [7, 11) is 0. The smallest absolute Gasteiger partial charge is 0.351 e. The maximum absolute atomic E-state index is 13.2. The van der Waals surface area contributed by atoms with Crippen LogP contribution < -0.4 is 21.7 Å². The number of unbranched alkanes of at least 4 members (excludes halogenated alkanes) is 1. The lowest BCUT2D eigenvalue weighted by Crippen LogP contribution is -2.43. The number of imide groups is 1. The topological polar surface area (TPSA) is 119 Å². The fourth-order valence-corrected chi connectivity index (χ4v) is 2.92. The molecular formula is C19H21F3N4O3. The predicted octanol–water partition coefficient (Wildman–Crippen LogP) is 2.21. The molecule has 0 fully saturated rings. The van der Waals surface area contributed by atoms with Crippen LogP contribution in [0.2, 0.25) is 0 Å². The average molecular weight is 410 g/mol. The number of urea groups is 1. The number of hydrogen-bond donors (Lipinski definition) is 3. The predicted molar refractivity (Wildman–Crippen MR) is 102 cm³/mol. The van der Waals surface area contributed by atoms with Crippen LogP contribution in [-0.2, 0) is 16.0 Å². The minimum atomic E-state index is -5.10. The summed E-state index contributed by atoms with van der Waals surface area (Å²) in [6.45, 7) is 0.0396. The highest BCUT2D eigenvalue weighted by molar-refractivity contribution is 6.02. The second kappa shape index (κ2) is 9.37. The maximum atomic E-state index is 13.2. The highest BCUT2D eigenvalue weighted by Crippen LogP contribution is 2.31. The lowest BCUT2D eigenvalue weighted by atomic mass is 10.0. The van der Waals surface area contributed by atoms with E-state index >= 15 is 0 Å². The van der Waals surface area contributed by atoms with Crippen molar-refractivity contribution in [3.63, 3.8) is 0 Å². The number of carbonyl (C=O) groups excluding carboxylic acids is 3. The first kappa shape index (κ1) is 22.2. The van der Waals surface area contributed by atoms with E-state index in [0.29, 0.717) is 22.1 Å². The van der Waals surface area contributed by atoms with Crippen molar-refractivity contribution in [3.05, 3.63) is 42.0 Å². The molecule has 156 valence electrons. The Morgan fingerprint density at radius 1 is 1.03 bits per heavy atom. The van der Waals surface area contributed by atoms with Crippen LogP contribution in [0.1, 0.15) is 18.4 Å². The summed E-state index contributed by atoms with van der Waals surface area (Å²) in [5.74, 6) is -2.84. The molecule has 0 saturated carbocycles. The number of nitrogens with two attached hydrogens (primary N) is 2. The van der Waals surface area contributed by atoms with Gasteiger partial charge < -0.3 is 16.4 Å². The molecule has 0 bridgehead atoms. The molecule has 10 heteroatoms. The van der Waals surface area contributed by atoms with Gasteiger partial charge in [0.1, 0.15) is 0 Å². The van der Waals surface area contributed by atoms with Gasteiger partial charge in [0.05, 0.1) is 6.42 Å². The maximum Gasteiger partial charge on any atom is 0.471 e. The van der Waals surface area contributed by atoms with E-state index in [1.54, 1.807) is 24.3 Å². The SMILES string of the molecule is NCCCCN(C(=O)C(F)(F)F)c1cc2ccccc2cc1CC(=O)NC(N)=O. The van der Waals surface area contributed by atoms with Gasteiger partial charge in [-0.1, -0.05) is 24.3 Å². The minimum absolute atomic E-state index is 0.0531. The van der Waals surface area contributed by atoms with Crippen LogP contribution in [0.25, 0.3) is 10.8 Å². The Bertz CT molecular complexity index is 915. The zero-order valence-electron chi connectivity index (χ0n) is 15.5. The molecular weight excluding hydrogens is 389 g/mol. The molecule has 0 aliphatic rings. The van der Waals surface area contributed by atoms with Crippen LogP contribution in [-0.4, -0.2) is 37.1 Å². The van der Waals surface area contributed by atoms with Gasteiger partial charge in [-0.3, -0.25) is 14.9 Å². The highest BCUT2D eigenvalue weighted by Gasteiger charge is 2.43. The molecule has 2 rings (SSSR count). The van der Waals surface area contributed by atoms with E-state index in [1.165, 1.54) is 12.1 Å². The summed E-state index contributed by atoms with van der Waals surface area (Å²) in [6.07, 6.45) is -4.85. The number of alkyl halides is 3. The van der Waals surface area contributed by atoms with Gasteiger partial charge in [0.15, 0.2) is 0 Å². The molecule has 5 N–H and O–H groups in total. The Kier molecular flexibility index (Phi) is 7.16. The number of hydrogen-bond acceptors (Lipinski definition) is 4. The molecule has 0 radical (unpaired) electrons. The molecule has 29 heavy (non-hydrogen) atoms. The van der Waals surface area contributed by atoms with E-state index in [2.05, 4.69) is 0 Å². The normalized spacial score (nSPS) is 11.3. The molecule has 7 nitrogen and oxygen atoms in total. The largest absolute Gasteiger partial charge is 0.471 e. The summed E-state index contributed by atoms with van der Waals surface area (Å²) in [6, 6.07) is 8.70. The number of nitrogens with zero attached hydrogens (tertiary/aromatic N) is 1. The first-order valence-electron chi connectivity index (χ1n) is 8.83. The zero-order chi connectivity index (χ0) is 21.6. The third-order valence-electron chi connectivity index (χ3n) is 4.17. The van der Waals surface area contributed by atoms with Gasteiger partial charge in [0.25, 0.3) is 0 Å². The molecule has 4 amide bonds. The van der Waals surface area contributed by atoms with Gasteiger partial charge in [-0.15, -0.1) is 0 Å². The summed E-state index contributed by atoms with van der Waals surface area (Å²) < 4.78 is 39.7. The van der Waals surface area contributed by atoms with Crippen molar-refractivity contribution in [1.82, 2.24) is 5.32 Å². The minimum Gasteiger partial charge on any atom is -0.351 e. The fourth-order valence-electron chi connectivity index (χ4n) is 2.92. The molecule has 0 atom stereocenters. The van der Waals surface area contributed by atoms with Gasteiger partial charge in [-0.2, -0.15) is 13.2 Å². The van der Waals surface area contributed by atoms with Crippen LogP contribution in [0.3, 0.4) is 0 Å². The molecule has 0 saturated heterocycles. The van der Waals surface area contributed by atoms with Crippen LogP contribution in [0.15, 0.2) is 36.4 Å². The van der Waals surface area contributed by atoms with E-state index in [-0.39, 0.29) is 30.8 Å². The monoisotopic (exact) mass is 410 g/mol. The first-order valence-corrected chi connectivity index (χ1v) is 8.83. The Balaban J connectivity index is 2.56. The molecule has 0 aromatic heterocycles. The van der Waals surface area contributed by atoms with Crippen LogP contribution in [0.5, 0.6) is 0 Å². The van der Waals surface area contributed by atoms with E-state index in [4.69, 9.17) is 11.5 Å². The summed E-state index contributed by atoms with van der Waals surface area (Å²) in [5, 5.41) is 3.14. The van der Waals surface area contributed by atoms with Gasteiger partial charge in [-0.25, -0.2) is 4.79 Å². The van der Waals surface area contributed by atoms with Crippen molar-refractivity contribution in [1.29, 1.82) is 0 Å². The Morgan fingerprint density at radius 2 is 1.66 bits per heavy atom. The summed E-state index contributed by atoms with van der Waals surface area (Å²) >= 11 is 0. The van der Waals surface area contributed by atoms with Crippen molar-refractivity contribution < 1.29 is 27.6 Å². The van der Waals surface area contributed by atoms with E-state index in [0.717, 1.165) is 0 Å². The second-order valence-corrected chi connectivity index (χ2v) is 6.37. The third-order valence-corrected chi connectivity index (χ3v) is 4.17. The zero-order valence-corrected chi connectivity index (χ0v) is 15.5. The van der Waals surface area contributed by atoms with Gasteiger partial charge in [-0.05, 0) is 47.9 Å². The van der Waals surface area contributed by atoms with E-state index < -0.39 is 30.4 Å². The van der Waals surface area contributed by atoms with Crippen molar-refractivity contribution in [3.8, 4) is 0 Å². The van der Waals surface area contributed by atoms with Crippen LogP contribution in [0.4, 0.5) is 23.7 Å². The third kappa shape index (κ3) is 5.92. The van der Waals surface area contributed by atoms with Crippen molar-refractivity contribution in [2.24, 2.45) is 11.5 Å². The number of rotatable bonds is 7. The molecule has 2 aromatic rings. The van der Waals surface area contributed by atoms with Crippen LogP contribution in [0, 0.1) is 0 Å². The number of primary amides is 1. The number of nitrogens with one attached hydrogen (secondary N) is 1. The Hall–Kier alpha value is -3.14. The van der Waals surface area contributed by atoms with Gasteiger partial charge in [0.2, 0.25) is 5.91 Å². The van der Waals surface area contributed by atoms with Gasteiger partial charge >= 0.3 is 18.1 Å².